The molecule has 14 nitrogen and oxygen atoms in total. The molecule has 2 aromatic rings. The first-order chi connectivity index (χ1) is 16.0. The fourth-order valence-corrected chi connectivity index (χ4v) is 2.66. The van der Waals surface area contributed by atoms with E-state index in [2.05, 4.69) is 20.6 Å². The SMILES string of the molecule is O=C(O)C[C@H](NC(=O)c1ccnc(-c2cc(C(=O)N[C@@H](CC(=O)O)C(=O)O)ccn2)c1)C(=O)O. The molecule has 0 bridgehead atoms. The first-order valence-electron chi connectivity index (χ1n) is 9.41. The first-order valence-corrected chi connectivity index (χ1v) is 9.41. The topological polar surface area (TPSA) is 233 Å². The first kappa shape index (κ1) is 25.4. The fourth-order valence-electron chi connectivity index (χ4n) is 2.66. The van der Waals surface area contributed by atoms with E-state index in [0.717, 1.165) is 0 Å². The number of carboxylic acid groups (broad SMARTS) is 4. The number of amides is 2. The van der Waals surface area contributed by atoms with Crippen molar-refractivity contribution in [3.63, 3.8) is 0 Å². The zero-order chi connectivity index (χ0) is 25.4. The Morgan fingerprint density at radius 2 is 1.03 bits per heavy atom. The molecular weight excluding hydrogens is 456 g/mol. The van der Waals surface area contributed by atoms with Crippen LogP contribution in [0.1, 0.15) is 33.6 Å². The van der Waals surface area contributed by atoms with E-state index in [1.807, 2.05) is 0 Å². The molecule has 0 spiro atoms. The second-order valence-electron chi connectivity index (χ2n) is 6.78. The molecule has 0 saturated carbocycles. The maximum absolute atomic E-state index is 12.4. The van der Waals surface area contributed by atoms with Crippen LogP contribution in [-0.2, 0) is 19.2 Å². The van der Waals surface area contributed by atoms with E-state index in [1.54, 1.807) is 0 Å². The van der Waals surface area contributed by atoms with Crippen LogP contribution in [0.3, 0.4) is 0 Å². The number of carbonyl (C=O) groups excluding carboxylic acids is 2. The van der Waals surface area contributed by atoms with Crippen molar-refractivity contribution < 1.29 is 49.2 Å². The van der Waals surface area contributed by atoms with Gasteiger partial charge >= 0.3 is 23.9 Å². The van der Waals surface area contributed by atoms with Crippen molar-refractivity contribution in [3.05, 3.63) is 47.8 Å². The Hall–Kier alpha value is -4.88. The van der Waals surface area contributed by atoms with Gasteiger partial charge in [-0.3, -0.25) is 29.1 Å². The maximum Gasteiger partial charge on any atom is 0.326 e. The van der Waals surface area contributed by atoms with E-state index in [1.165, 1.54) is 36.7 Å². The number of rotatable bonds is 11. The summed E-state index contributed by atoms with van der Waals surface area (Å²) >= 11 is 0. The quantitative estimate of drug-likeness (QED) is 0.241. The summed E-state index contributed by atoms with van der Waals surface area (Å²) in [5, 5.41) is 39.9. The van der Waals surface area contributed by atoms with E-state index < -0.39 is 60.6 Å². The molecule has 0 aromatic carbocycles. The summed E-state index contributed by atoms with van der Waals surface area (Å²) in [6.45, 7) is 0. The van der Waals surface area contributed by atoms with Gasteiger partial charge in [0.2, 0.25) is 0 Å². The molecule has 2 heterocycles. The highest BCUT2D eigenvalue weighted by atomic mass is 16.4. The van der Waals surface area contributed by atoms with Crippen molar-refractivity contribution >= 4 is 35.7 Å². The Bertz CT molecular complexity index is 1060. The van der Waals surface area contributed by atoms with Gasteiger partial charge in [-0.1, -0.05) is 0 Å². The highest BCUT2D eigenvalue weighted by molar-refractivity contribution is 5.99. The minimum Gasteiger partial charge on any atom is -0.481 e. The minimum absolute atomic E-state index is 0.0642. The lowest BCUT2D eigenvalue weighted by Crippen LogP contribution is -2.42. The fraction of sp³-hybridized carbons (Fsp3) is 0.200. The van der Waals surface area contributed by atoms with E-state index in [0.29, 0.717) is 0 Å². The molecule has 34 heavy (non-hydrogen) atoms. The lowest BCUT2D eigenvalue weighted by Gasteiger charge is -2.13. The molecule has 0 fully saturated rings. The predicted molar refractivity (Wildman–Crippen MR) is 110 cm³/mol. The van der Waals surface area contributed by atoms with Gasteiger partial charge in [0, 0.05) is 23.5 Å². The normalized spacial score (nSPS) is 12.1. The van der Waals surface area contributed by atoms with Crippen molar-refractivity contribution in [2.24, 2.45) is 0 Å². The van der Waals surface area contributed by atoms with Crippen LogP contribution in [0.2, 0.25) is 0 Å². The summed E-state index contributed by atoms with van der Waals surface area (Å²) in [5.74, 6) is -7.68. The molecule has 0 unspecified atom stereocenters. The van der Waals surface area contributed by atoms with E-state index >= 15 is 0 Å². The van der Waals surface area contributed by atoms with Crippen molar-refractivity contribution in [1.82, 2.24) is 20.6 Å². The van der Waals surface area contributed by atoms with Gasteiger partial charge < -0.3 is 31.1 Å². The minimum atomic E-state index is -1.67. The lowest BCUT2D eigenvalue weighted by molar-refractivity contribution is -0.145. The molecule has 2 aromatic heterocycles. The third-order valence-electron chi connectivity index (χ3n) is 4.27. The highest BCUT2D eigenvalue weighted by Gasteiger charge is 2.25. The lowest BCUT2D eigenvalue weighted by atomic mass is 10.1. The number of carbonyl (C=O) groups is 6. The van der Waals surface area contributed by atoms with E-state index in [4.69, 9.17) is 20.4 Å². The average molecular weight is 474 g/mol. The standard InChI is InChI=1S/C20H18N4O10/c25-15(26)7-13(19(31)32)23-17(29)9-1-3-21-11(5-9)12-6-10(2-4-22-12)18(30)24-14(20(33)34)8-16(27)28/h1-6,13-14H,7-8H2,(H,23,29)(H,24,30)(H,25,26)(H,27,28)(H,31,32)(H,33,34)/t13-,14-/m0/s1. The summed E-state index contributed by atoms with van der Waals surface area (Å²) in [5.41, 5.74) is 0.0526. The second-order valence-corrected chi connectivity index (χ2v) is 6.78. The van der Waals surface area contributed by atoms with E-state index in [9.17, 15) is 28.8 Å². The monoisotopic (exact) mass is 474 g/mol. The molecule has 2 rings (SSSR count). The Balaban J connectivity index is 2.24. The Morgan fingerprint density at radius 1 is 0.676 bits per heavy atom. The zero-order valence-corrected chi connectivity index (χ0v) is 17.2. The van der Waals surface area contributed by atoms with Crippen LogP contribution in [0.5, 0.6) is 0 Å². The number of aliphatic carboxylic acids is 4. The predicted octanol–water partition coefficient (Wildman–Crippen LogP) is -0.541. The molecule has 0 aliphatic carbocycles. The molecule has 6 N–H and O–H groups in total. The van der Waals surface area contributed by atoms with Crippen molar-refractivity contribution in [2.45, 2.75) is 24.9 Å². The number of hydrogen-bond donors (Lipinski definition) is 6. The number of nitrogens with zero attached hydrogens (tertiary/aromatic N) is 2. The van der Waals surface area contributed by atoms with Crippen molar-refractivity contribution in [2.75, 3.05) is 0 Å². The number of hydrogen-bond acceptors (Lipinski definition) is 8. The third-order valence-corrected chi connectivity index (χ3v) is 4.27. The second kappa shape index (κ2) is 11.1. The third kappa shape index (κ3) is 7.08. The largest absolute Gasteiger partial charge is 0.481 e. The summed E-state index contributed by atoms with van der Waals surface area (Å²) in [7, 11) is 0. The number of pyridine rings is 2. The molecular formula is C20H18N4O10. The van der Waals surface area contributed by atoms with Crippen molar-refractivity contribution in [1.29, 1.82) is 0 Å². The van der Waals surface area contributed by atoms with Gasteiger partial charge in [-0.15, -0.1) is 0 Å². The summed E-state index contributed by atoms with van der Waals surface area (Å²) in [4.78, 5) is 76.7. The molecule has 0 aliphatic rings. The molecule has 2 amide bonds. The van der Waals surface area contributed by atoms with Crippen LogP contribution in [0.15, 0.2) is 36.7 Å². The summed E-state index contributed by atoms with van der Waals surface area (Å²) < 4.78 is 0. The number of carboxylic acids is 4. The molecule has 0 aliphatic heterocycles. The zero-order valence-electron chi connectivity index (χ0n) is 17.2. The van der Waals surface area contributed by atoms with Gasteiger partial charge in [-0.05, 0) is 24.3 Å². The molecule has 0 radical (unpaired) electrons. The van der Waals surface area contributed by atoms with Crippen LogP contribution in [-0.4, -0.2) is 78.2 Å². The van der Waals surface area contributed by atoms with Gasteiger partial charge in [0.1, 0.15) is 12.1 Å². The number of nitrogens with one attached hydrogen (secondary N) is 2. The molecule has 0 saturated heterocycles. The van der Waals surface area contributed by atoms with Crippen LogP contribution >= 0.6 is 0 Å². The summed E-state index contributed by atoms with van der Waals surface area (Å²) in [6.07, 6.45) is 0.742. The molecule has 2 atom stereocenters. The Morgan fingerprint density at radius 3 is 1.32 bits per heavy atom. The Kier molecular flexibility index (Phi) is 8.30. The van der Waals surface area contributed by atoms with Gasteiger partial charge in [0.25, 0.3) is 11.8 Å². The number of aromatic nitrogens is 2. The van der Waals surface area contributed by atoms with E-state index in [-0.39, 0.29) is 22.5 Å². The average Bonchev–Trinajstić information content (AvgIpc) is 2.77. The Labute approximate surface area is 190 Å². The molecule has 14 heteroatoms. The van der Waals surface area contributed by atoms with Gasteiger partial charge in [-0.25, -0.2) is 9.59 Å². The van der Waals surface area contributed by atoms with Gasteiger partial charge in [-0.2, -0.15) is 0 Å². The van der Waals surface area contributed by atoms with Crippen LogP contribution in [0.4, 0.5) is 0 Å². The van der Waals surface area contributed by atoms with Gasteiger partial charge in [0.15, 0.2) is 0 Å². The molecule has 178 valence electrons. The van der Waals surface area contributed by atoms with Gasteiger partial charge in [0.05, 0.1) is 24.2 Å². The van der Waals surface area contributed by atoms with Crippen molar-refractivity contribution in [3.8, 4) is 11.4 Å². The highest BCUT2D eigenvalue weighted by Crippen LogP contribution is 2.17. The van der Waals surface area contributed by atoms with Crippen LogP contribution in [0, 0.1) is 0 Å². The van der Waals surface area contributed by atoms with Crippen LogP contribution < -0.4 is 10.6 Å². The smallest absolute Gasteiger partial charge is 0.326 e. The maximum atomic E-state index is 12.4. The summed E-state index contributed by atoms with van der Waals surface area (Å²) in [6, 6.07) is 1.61. The van der Waals surface area contributed by atoms with Crippen LogP contribution in [0.25, 0.3) is 11.4 Å².